The van der Waals surface area contributed by atoms with Crippen LogP contribution in [-0.2, 0) is 10.6 Å². The Balaban J connectivity index is 0.000000242. The molecule has 1 fully saturated rings. The predicted octanol–water partition coefficient (Wildman–Crippen LogP) is -2.86. The molecule has 2 atom stereocenters. The molecule has 8 N–H and O–H groups in total. The van der Waals surface area contributed by atoms with Crippen molar-refractivity contribution in [1.29, 1.82) is 0 Å². The number of hydrogen-bond donors (Lipinski definition) is 8. The molecule has 0 aromatic heterocycles. The minimum absolute atomic E-state index is 0.00315. The van der Waals surface area contributed by atoms with Crippen LogP contribution < -0.4 is 10.1 Å². The SMILES string of the molecule is CNC(=O)C(C)(O)O.OC1CC1c1cccc2c1C(O)(O)C(O)(O)O2. The summed E-state index contributed by atoms with van der Waals surface area (Å²) in [5.74, 6) is -9.25. The van der Waals surface area contributed by atoms with Crippen LogP contribution in [0.25, 0.3) is 0 Å². The fourth-order valence-corrected chi connectivity index (χ4v) is 2.46. The third kappa shape index (κ3) is 3.60. The van der Waals surface area contributed by atoms with Crippen molar-refractivity contribution in [1.82, 2.24) is 5.32 Å². The summed E-state index contributed by atoms with van der Waals surface area (Å²) in [6.07, 6.45) is -0.0270. The number of hydrogen-bond acceptors (Lipinski definition) is 9. The number of carbonyl (C=O) groups is 1. The highest BCUT2D eigenvalue weighted by Crippen LogP contribution is 2.51. The minimum atomic E-state index is -3.08. The van der Waals surface area contributed by atoms with Gasteiger partial charge in [0.15, 0.2) is 0 Å². The second-order valence-corrected chi connectivity index (χ2v) is 6.11. The van der Waals surface area contributed by atoms with Crippen molar-refractivity contribution in [2.24, 2.45) is 0 Å². The number of rotatable bonds is 2. The Morgan fingerprint density at radius 2 is 1.84 bits per heavy atom. The van der Waals surface area contributed by atoms with Gasteiger partial charge in [0.2, 0.25) is 5.79 Å². The van der Waals surface area contributed by atoms with Gasteiger partial charge in [-0.25, -0.2) is 0 Å². The molecule has 1 amide bonds. The van der Waals surface area contributed by atoms with Gasteiger partial charge in [0.05, 0.1) is 11.7 Å². The molecular formula is C15H21NO9. The molecule has 0 bridgehead atoms. The molecule has 1 aromatic rings. The van der Waals surface area contributed by atoms with E-state index >= 15 is 0 Å². The third-order valence-corrected chi connectivity index (χ3v) is 3.93. The van der Waals surface area contributed by atoms with E-state index in [2.05, 4.69) is 5.32 Å². The number of carbonyl (C=O) groups excluding carboxylic acids is 1. The Hall–Kier alpha value is -1.79. The van der Waals surface area contributed by atoms with Crippen molar-refractivity contribution in [2.45, 2.75) is 42.9 Å². The molecule has 2 unspecified atom stereocenters. The maximum absolute atomic E-state index is 10.2. The lowest BCUT2D eigenvalue weighted by Crippen LogP contribution is -2.51. The van der Waals surface area contributed by atoms with Crippen molar-refractivity contribution in [3.63, 3.8) is 0 Å². The monoisotopic (exact) mass is 359 g/mol. The lowest BCUT2D eigenvalue weighted by molar-refractivity contribution is -0.426. The summed E-state index contributed by atoms with van der Waals surface area (Å²) >= 11 is 0. The molecule has 1 heterocycles. The van der Waals surface area contributed by atoms with Gasteiger partial charge >= 0.3 is 5.97 Å². The van der Waals surface area contributed by atoms with E-state index in [1.807, 2.05) is 0 Å². The van der Waals surface area contributed by atoms with Gasteiger partial charge < -0.3 is 45.8 Å². The summed E-state index contributed by atoms with van der Waals surface area (Å²) < 4.78 is 4.69. The molecule has 0 radical (unpaired) electrons. The van der Waals surface area contributed by atoms with Crippen molar-refractivity contribution >= 4 is 5.91 Å². The minimum Gasteiger partial charge on any atom is -0.434 e. The van der Waals surface area contributed by atoms with E-state index in [1.54, 1.807) is 12.1 Å². The highest BCUT2D eigenvalue weighted by molar-refractivity contribution is 5.82. The quantitative estimate of drug-likeness (QED) is 0.258. The van der Waals surface area contributed by atoms with Crippen LogP contribution in [0.2, 0.25) is 0 Å². The molecule has 10 heteroatoms. The van der Waals surface area contributed by atoms with E-state index in [4.69, 9.17) is 14.9 Å². The van der Waals surface area contributed by atoms with Crippen LogP contribution in [0.3, 0.4) is 0 Å². The molecular weight excluding hydrogens is 338 g/mol. The highest BCUT2D eigenvalue weighted by Gasteiger charge is 2.61. The van der Waals surface area contributed by atoms with E-state index in [-0.39, 0.29) is 17.2 Å². The first-order valence-corrected chi connectivity index (χ1v) is 7.39. The van der Waals surface area contributed by atoms with Gasteiger partial charge in [0.25, 0.3) is 11.7 Å². The number of aliphatic hydroxyl groups is 7. The van der Waals surface area contributed by atoms with Gasteiger partial charge in [0, 0.05) is 13.0 Å². The largest absolute Gasteiger partial charge is 0.434 e. The fraction of sp³-hybridized carbons (Fsp3) is 0.533. The standard InChI is InChI=1S/C11H12O6.C4H9NO3/c12-7-4-6(7)5-2-1-3-8-9(5)10(13,14)11(15,16)17-8;1-4(7,8)3(6)5-2/h1-3,6-7,12-16H,4H2;7-8H,1-2H3,(H,5,6). The summed E-state index contributed by atoms with van der Waals surface area (Å²) in [6, 6.07) is 4.60. The zero-order valence-electron chi connectivity index (χ0n) is 13.5. The molecule has 0 spiro atoms. The number of benzene rings is 1. The zero-order chi connectivity index (χ0) is 19.2. The average Bonchev–Trinajstić information content (AvgIpc) is 3.17. The number of likely N-dealkylation sites (N-methyl/N-ethyl adjacent to an activating group) is 1. The van der Waals surface area contributed by atoms with Crippen molar-refractivity contribution < 1.29 is 45.3 Å². The van der Waals surface area contributed by atoms with Crippen LogP contribution in [0.4, 0.5) is 0 Å². The van der Waals surface area contributed by atoms with Gasteiger partial charge in [0.1, 0.15) is 5.75 Å². The number of fused-ring (bicyclic) bond motifs is 1. The summed E-state index contributed by atoms with van der Waals surface area (Å²) in [5.41, 5.74) is 0.372. The summed E-state index contributed by atoms with van der Waals surface area (Å²) in [4.78, 5) is 10.2. The van der Waals surface area contributed by atoms with Gasteiger partial charge in [-0.15, -0.1) is 0 Å². The summed E-state index contributed by atoms with van der Waals surface area (Å²) in [5, 5.41) is 66.7. The second-order valence-electron chi connectivity index (χ2n) is 6.11. The molecule has 10 nitrogen and oxygen atoms in total. The zero-order valence-corrected chi connectivity index (χ0v) is 13.5. The smallest absolute Gasteiger partial charge is 0.384 e. The fourth-order valence-electron chi connectivity index (χ4n) is 2.46. The van der Waals surface area contributed by atoms with Crippen LogP contribution in [0.5, 0.6) is 5.75 Å². The number of aliphatic hydroxyl groups excluding tert-OH is 1. The van der Waals surface area contributed by atoms with Crippen LogP contribution in [-0.4, -0.2) is 66.6 Å². The average molecular weight is 359 g/mol. The molecule has 25 heavy (non-hydrogen) atoms. The van der Waals surface area contributed by atoms with E-state index in [0.29, 0.717) is 12.0 Å². The maximum Gasteiger partial charge on any atom is 0.384 e. The van der Waals surface area contributed by atoms with E-state index in [9.17, 15) is 30.3 Å². The molecule has 3 rings (SSSR count). The number of nitrogens with one attached hydrogen (secondary N) is 1. The van der Waals surface area contributed by atoms with E-state index in [0.717, 1.165) is 6.92 Å². The molecule has 1 aromatic carbocycles. The van der Waals surface area contributed by atoms with Gasteiger partial charge in [-0.1, -0.05) is 12.1 Å². The Labute approximate surface area is 142 Å². The Bertz CT molecular complexity index is 665. The van der Waals surface area contributed by atoms with Crippen molar-refractivity contribution in [3.05, 3.63) is 29.3 Å². The summed E-state index contributed by atoms with van der Waals surface area (Å²) in [7, 11) is 1.33. The summed E-state index contributed by atoms with van der Waals surface area (Å²) in [6.45, 7) is 0.992. The second kappa shape index (κ2) is 6.18. The molecule has 0 saturated heterocycles. The molecule has 1 saturated carbocycles. The topological polar surface area (TPSA) is 180 Å². The third-order valence-electron chi connectivity index (χ3n) is 3.93. The molecule has 2 aliphatic rings. The number of ether oxygens (including phenoxy) is 1. The van der Waals surface area contributed by atoms with Gasteiger partial charge in [-0.05, 0) is 25.0 Å². The lowest BCUT2D eigenvalue weighted by Gasteiger charge is -2.26. The Morgan fingerprint density at radius 3 is 2.24 bits per heavy atom. The van der Waals surface area contributed by atoms with Gasteiger partial charge in [-0.2, -0.15) is 0 Å². The molecule has 140 valence electrons. The highest BCUT2D eigenvalue weighted by atomic mass is 16.8. The van der Waals surface area contributed by atoms with Crippen LogP contribution in [0.1, 0.15) is 30.4 Å². The normalized spacial score (nSPS) is 25.2. The molecule has 1 aliphatic carbocycles. The first-order valence-electron chi connectivity index (χ1n) is 7.39. The maximum atomic E-state index is 10.2. The Morgan fingerprint density at radius 1 is 1.28 bits per heavy atom. The first kappa shape index (κ1) is 19.5. The Kier molecular flexibility index (Phi) is 4.83. The van der Waals surface area contributed by atoms with Gasteiger partial charge in [-0.3, -0.25) is 4.79 Å². The number of amides is 1. The lowest BCUT2D eigenvalue weighted by atomic mass is 9.96. The van der Waals surface area contributed by atoms with E-state index < -0.39 is 29.6 Å². The van der Waals surface area contributed by atoms with E-state index in [1.165, 1.54) is 13.1 Å². The first-order chi connectivity index (χ1) is 11.3. The van der Waals surface area contributed by atoms with Crippen LogP contribution in [0.15, 0.2) is 18.2 Å². The van der Waals surface area contributed by atoms with Crippen LogP contribution >= 0.6 is 0 Å². The van der Waals surface area contributed by atoms with Crippen LogP contribution in [0, 0.1) is 0 Å². The predicted molar refractivity (Wildman–Crippen MR) is 80.6 cm³/mol. The molecule has 1 aliphatic heterocycles. The van der Waals surface area contributed by atoms with Crippen molar-refractivity contribution in [2.75, 3.05) is 7.05 Å². The van der Waals surface area contributed by atoms with Crippen molar-refractivity contribution in [3.8, 4) is 5.75 Å².